The summed E-state index contributed by atoms with van der Waals surface area (Å²) in [6.45, 7) is 0.163. The van der Waals surface area contributed by atoms with Gasteiger partial charge in [-0.3, -0.25) is 19.9 Å². The smallest absolute Gasteiger partial charge is 0.338 e. The molecule has 0 aliphatic heterocycles. The molecule has 1 heterocycles. The summed E-state index contributed by atoms with van der Waals surface area (Å²) in [5, 5.41) is 13.5. The number of hydrogen-bond donors (Lipinski definition) is 1. The monoisotopic (exact) mass is 315 g/mol. The van der Waals surface area contributed by atoms with Gasteiger partial charge in [-0.2, -0.15) is 0 Å². The van der Waals surface area contributed by atoms with E-state index < -0.39 is 16.8 Å². The first-order chi connectivity index (χ1) is 11.0. The van der Waals surface area contributed by atoms with E-state index in [1.54, 1.807) is 24.4 Å². The van der Waals surface area contributed by atoms with E-state index in [0.717, 1.165) is 19.2 Å². The lowest BCUT2D eigenvalue weighted by Crippen LogP contribution is -2.23. The summed E-state index contributed by atoms with van der Waals surface area (Å²) >= 11 is 0. The molecule has 118 valence electrons. The van der Waals surface area contributed by atoms with Gasteiger partial charge in [-0.15, -0.1) is 0 Å². The van der Waals surface area contributed by atoms with Gasteiger partial charge in [0.15, 0.2) is 0 Å². The van der Waals surface area contributed by atoms with E-state index in [9.17, 15) is 19.7 Å². The SMILES string of the molecule is COC(=O)c1cc(C(=O)NCc2ccccn2)cc([N+](=O)[O-])c1. The van der Waals surface area contributed by atoms with Gasteiger partial charge >= 0.3 is 5.97 Å². The third kappa shape index (κ3) is 4.10. The normalized spacial score (nSPS) is 9.96. The Morgan fingerprint density at radius 1 is 1.26 bits per heavy atom. The molecular weight excluding hydrogens is 302 g/mol. The van der Waals surface area contributed by atoms with Crippen LogP contribution >= 0.6 is 0 Å². The number of amides is 1. The van der Waals surface area contributed by atoms with Crippen LogP contribution < -0.4 is 5.32 Å². The summed E-state index contributed by atoms with van der Waals surface area (Å²) in [5.74, 6) is -1.31. The second-order valence-electron chi connectivity index (χ2n) is 4.52. The summed E-state index contributed by atoms with van der Waals surface area (Å²) in [4.78, 5) is 38.0. The highest BCUT2D eigenvalue weighted by Crippen LogP contribution is 2.18. The molecule has 0 aliphatic carbocycles. The molecule has 0 saturated carbocycles. The standard InChI is InChI=1S/C15H13N3O5/c1-23-15(20)11-6-10(7-13(8-11)18(21)22)14(19)17-9-12-4-2-3-5-16-12/h2-8H,9H2,1H3,(H,17,19). The van der Waals surface area contributed by atoms with Crippen molar-refractivity contribution in [1.82, 2.24) is 10.3 Å². The Morgan fingerprint density at radius 3 is 2.61 bits per heavy atom. The molecule has 8 heteroatoms. The lowest BCUT2D eigenvalue weighted by atomic mass is 10.1. The largest absolute Gasteiger partial charge is 0.465 e. The fraction of sp³-hybridized carbons (Fsp3) is 0.133. The van der Waals surface area contributed by atoms with Crippen LogP contribution in [-0.2, 0) is 11.3 Å². The first-order valence-electron chi connectivity index (χ1n) is 6.57. The Hall–Kier alpha value is -3.29. The Bertz CT molecular complexity index is 746. The molecule has 0 radical (unpaired) electrons. The van der Waals surface area contributed by atoms with Crippen molar-refractivity contribution in [2.45, 2.75) is 6.54 Å². The molecule has 1 N–H and O–H groups in total. The summed E-state index contributed by atoms with van der Waals surface area (Å²) < 4.78 is 4.53. The maximum absolute atomic E-state index is 12.1. The fourth-order valence-electron chi connectivity index (χ4n) is 1.86. The summed E-state index contributed by atoms with van der Waals surface area (Å²) in [6.07, 6.45) is 1.59. The molecular formula is C15H13N3O5. The zero-order valence-corrected chi connectivity index (χ0v) is 12.2. The van der Waals surface area contributed by atoms with Gasteiger partial charge in [0.05, 0.1) is 29.8 Å². The number of benzene rings is 1. The van der Waals surface area contributed by atoms with Crippen LogP contribution in [0.5, 0.6) is 0 Å². The molecule has 0 unspecified atom stereocenters. The van der Waals surface area contributed by atoms with Crippen molar-refractivity contribution in [3.8, 4) is 0 Å². The van der Waals surface area contributed by atoms with Crippen LogP contribution in [0.2, 0.25) is 0 Å². The van der Waals surface area contributed by atoms with E-state index in [0.29, 0.717) is 5.69 Å². The van der Waals surface area contributed by atoms with Crippen molar-refractivity contribution in [3.05, 3.63) is 69.5 Å². The number of methoxy groups -OCH3 is 1. The maximum Gasteiger partial charge on any atom is 0.338 e. The minimum Gasteiger partial charge on any atom is -0.465 e. The van der Waals surface area contributed by atoms with Gasteiger partial charge in [-0.05, 0) is 18.2 Å². The zero-order chi connectivity index (χ0) is 16.8. The average molecular weight is 315 g/mol. The Kier molecular flexibility index (Phi) is 4.98. The molecule has 23 heavy (non-hydrogen) atoms. The van der Waals surface area contributed by atoms with Gasteiger partial charge in [0.25, 0.3) is 11.6 Å². The third-order valence-corrected chi connectivity index (χ3v) is 2.97. The van der Waals surface area contributed by atoms with E-state index in [1.807, 2.05) is 0 Å². The topological polar surface area (TPSA) is 111 Å². The fourth-order valence-corrected chi connectivity index (χ4v) is 1.86. The highest BCUT2D eigenvalue weighted by molar-refractivity contribution is 5.98. The van der Waals surface area contributed by atoms with E-state index >= 15 is 0 Å². The van der Waals surface area contributed by atoms with Crippen molar-refractivity contribution in [1.29, 1.82) is 0 Å². The van der Waals surface area contributed by atoms with E-state index in [2.05, 4.69) is 15.0 Å². The van der Waals surface area contributed by atoms with Gasteiger partial charge in [-0.25, -0.2) is 4.79 Å². The first-order valence-corrected chi connectivity index (χ1v) is 6.57. The number of ether oxygens (including phenoxy) is 1. The van der Waals surface area contributed by atoms with Crippen LogP contribution in [-0.4, -0.2) is 28.9 Å². The van der Waals surface area contributed by atoms with Crippen LogP contribution in [0.1, 0.15) is 26.4 Å². The van der Waals surface area contributed by atoms with Crippen molar-refractivity contribution in [2.75, 3.05) is 7.11 Å². The number of nitro groups is 1. The lowest BCUT2D eigenvalue weighted by molar-refractivity contribution is -0.384. The number of nitro benzene ring substituents is 1. The molecule has 0 aliphatic rings. The summed E-state index contributed by atoms with van der Waals surface area (Å²) in [6, 6.07) is 8.65. The number of rotatable bonds is 5. The third-order valence-electron chi connectivity index (χ3n) is 2.97. The van der Waals surface area contributed by atoms with E-state index in [-0.39, 0.29) is 23.4 Å². The van der Waals surface area contributed by atoms with Crippen LogP contribution in [0.3, 0.4) is 0 Å². The van der Waals surface area contributed by atoms with Gasteiger partial charge in [-0.1, -0.05) is 6.07 Å². The molecule has 1 aromatic carbocycles. The van der Waals surface area contributed by atoms with Crippen molar-refractivity contribution in [3.63, 3.8) is 0 Å². The number of carbonyl (C=O) groups excluding carboxylic acids is 2. The van der Waals surface area contributed by atoms with Crippen molar-refractivity contribution in [2.24, 2.45) is 0 Å². The lowest BCUT2D eigenvalue weighted by Gasteiger charge is -2.06. The molecule has 0 fully saturated rings. The minimum atomic E-state index is -0.757. The zero-order valence-electron chi connectivity index (χ0n) is 12.2. The maximum atomic E-state index is 12.1. The van der Waals surface area contributed by atoms with Crippen molar-refractivity contribution >= 4 is 17.6 Å². The highest BCUT2D eigenvalue weighted by Gasteiger charge is 2.18. The van der Waals surface area contributed by atoms with Gasteiger partial charge in [0.2, 0.25) is 0 Å². The number of aromatic nitrogens is 1. The van der Waals surface area contributed by atoms with E-state index in [4.69, 9.17) is 0 Å². The Morgan fingerprint density at radius 2 is 2.00 bits per heavy atom. The molecule has 0 saturated heterocycles. The van der Waals surface area contributed by atoms with Crippen LogP contribution in [0.25, 0.3) is 0 Å². The van der Waals surface area contributed by atoms with Gasteiger partial charge in [0, 0.05) is 23.9 Å². The number of nitrogens with zero attached hydrogens (tertiary/aromatic N) is 2. The number of esters is 1. The molecule has 2 rings (SSSR count). The Labute approximate surface area is 131 Å². The molecule has 0 bridgehead atoms. The van der Waals surface area contributed by atoms with Crippen LogP contribution in [0.15, 0.2) is 42.6 Å². The van der Waals surface area contributed by atoms with Gasteiger partial charge in [0.1, 0.15) is 0 Å². The minimum absolute atomic E-state index is 0.00414. The Balaban J connectivity index is 2.23. The number of nitrogens with one attached hydrogen (secondary N) is 1. The number of carbonyl (C=O) groups is 2. The molecule has 0 atom stereocenters. The number of non-ortho nitro benzene ring substituents is 1. The molecule has 2 aromatic rings. The molecule has 1 amide bonds. The summed E-state index contributed by atoms with van der Waals surface area (Å²) in [7, 11) is 1.15. The number of pyridine rings is 1. The second kappa shape index (κ2) is 7.12. The predicted molar refractivity (Wildman–Crippen MR) is 79.8 cm³/mol. The van der Waals surface area contributed by atoms with E-state index in [1.165, 1.54) is 6.07 Å². The van der Waals surface area contributed by atoms with Crippen LogP contribution in [0, 0.1) is 10.1 Å². The quantitative estimate of drug-likeness (QED) is 0.510. The second-order valence-corrected chi connectivity index (χ2v) is 4.52. The predicted octanol–water partition coefficient (Wildman–Crippen LogP) is 1.71. The van der Waals surface area contributed by atoms with Gasteiger partial charge < -0.3 is 10.1 Å². The summed E-state index contributed by atoms with van der Waals surface area (Å²) in [5.41, 5.74) is 0.204. The number of hydrogen-bond acceptors (Lipinski definition) is 6. The molecule has 0 spiro atoms. The highest BCUT2D eigenvalue weighted by atomic mass is 16.6. The molecule has 1 aromatic heterocycles. The molecule has 8 nitrogen and oxygen atoms in total. The van der Waals surface area contributed by atoms with Crippen LogP contribution in [0.4, 0.5) is 5.69 Å². The first kappa shape index (κ1) is 16.1. The van der Waals surface area contributed by atoms with Crippen molar-refractivity contribution < 1.29 is 19.2 Å². The average Bonchev–Trinajstić information content (AvgIpc) is 2.59.